The highest BCUT2D eigenvalue weighted by molar-refractivity contribution is 5.80. The highest BCUT2D eigenvalue weighted by Crippen LogP contribution is 2.76. The highest BCUT2D eigenvalue weighted by atomic mass is 16.8. The van der Waals surface area contributed by atoms with Crippen LogP contribution >= 0.6 is 0 Å². The highest BCUT2D eigenvalue weighted by Gasteiger charge is 2.70. The minimum Gasteiger partial charge on any atom is -0.432 e. The lowest BCUT2D eigenvalue weighted by Crippen LogP contribution is -2.67. The number of esters is 1. The molecular formula is C40H62O13. The van der Waals surface area contributed by atoms with E-state index in [-0.39, 0.29) is 53.1 Å². The fourth-order valence-corrected chi connectivity index (χ4v) is 12.9. The van der Waals surface area contributed by atoms with Gasteiger partial charge in [0.2, 0.25) is 6.29 Å². The van der Waals surface area contributed by atoms with Crippen molar-refractivity contribution >= 4 is 5.97 Å². The standard InChI is InChI=1S/C40H62O13/c1-19-9-14-40(35(49)53-34-31(47)28(44)29(45)32(48)52-34)16-15-38(5)21(26(40)20(19)2)7-8-24-36(3)12-11-25(51-33-30(46)27(43)22(42)17-50-33)37(4,18-41)23(36)10-13-39(24,38)6/h7,19,22-34,41-48H,2,8-18H2,1,3-6H3/t19-,22+,23-,24-,25+,26+,27-,28+,29+,30-,31-,32+,33+,34+,36+,37+,38-,39-,40+/m1/s1. The van der Waals surface area contributed by atoms with Gasteiger partial charge in [0.05, 0.1) is 24.7 Å². The van der Waals surface area contributed by atoms with Gasteiger partial charge in [0, 0.05) is 11.3 Å². The largest absolute Gasteiger partial charge is 0.432 e. The molecule has 2 aliphatic heterocycles. The summed E-state index contributed by atoms with van der Waals surface area (Å²) in [5.74, 6) is -0.385. The third kappa shape index (κ3) is 5.61. The molecule has 6 fully saturated rings. The van der Waals surface area contributed by atoms with Crippen LogP contribution in [-0.2, 0) is 23.7 Å². The Morgan fingerprint density at radius 3 is 2.25 bits per heavy atom. The van der Waals surface area contributed by atoms with Crippen molar-refractivity contribution in [1.82, 2.24) is 0 Å². The summed E-state index contributed by atoms with van der Waals surface area (Å²) in [6.07, 6.45) is -5.44. The molecule has 0 aromatic rings. The van der Waals surface area contributed by atoms with Crippen molar-refractivity contribution in [2.24, 2.45) is 50.7 Å². The summed E-state index contributed by atoms with van der Waals surface area (Å²) in [6, 6.07) is 0. The fourth-order valence-electron chi connectivity index (χ4n) is 12.9. The van der Waals surface area contributed by atoms with Gasteiger partial charge in [0.25, 0.3) is 0 Å². The van der Waals surface area contributed by atoms with Crippen molar-refractivity contribution in [1.29, 1.82) is 0 Å². The summed E-state index contributed by atoms with van der Waals surface area (Å²) < 4.78 is 23.1. The first kappa shape index (κ1) is 39.7. The van der Waals surface area contributed by atoms with Crippen LogP contribution in [0.5, 0.6) is 0 Å². The molecule has 2 heterocycles. The summed E-state index contributed by atoms with van der Waals surface area (Å²) in [6.45, 7) is 15.6. The SMILES string of the molecule is C=C1[C@H]2C3=CC[C@@H]4[C@@]5(C)CC[C@H](O[C@@H]6OC[C@H](O)[C@@H](O)[C@H]6O)[C@@](C)(CO)[C@@H]5CC[C@@]4(C)[C@]3(C)CC[C@@]2(C(=O)O[C@@H]2O[C@H](O)[C@@H](O)[C@H](O)[C@H]2O)CC[C@H]1C. The van der Waals surface area contributed by atoms with Crippen LogP contribution in [0.3, 0.4) is 0 Å². The van der Waals surface area contributed by atoms with Gasteiger partial charge in [-0.3, -0.25) is 4.79 Å². The van der Waals surface area contributed by atoms with Crippen molar-refractivity contribution < 1.29 is 64.6 Å². The van der Waals surface area contributed by atoms with Gasteiger partial charge in [0.15, 0.2) is 12.6 Å². The molecule has 0 spiro atoms. The van der Waals surface area contributed by atoms with Gasteiger partial charge in [-0.15, -0.1) is 0 Å². The van der Waals surface area contributed by atoms with Crippen molar-refractivity contribution in [3.8, 4) is 0 Å². The second-order valence-corrected chi connectivity index (χ2v) is 18.7. The third-order valence-corrected chi connectivity index (χ3v) is 16.5. The minimum absolute atomic E-state index is 0.0834. The average molecular weight is 751 g/mol. The number of fused-ring (bicyclic) bond motifs is 7. The molecule has 300 valence electrons. The number of allylic oxidation sites excluding steroid dienone is 3. The van der Waals surface area contributed by atoms with Crippen molar-refractivity contribution in [3.63, 3.8) is 0 Å². The monoisotopic (exact) mass is 750 g/mol. The Morgan fingerprint density at radius 2 is 1.55 bits per heavy atom. The van der Waals surface area contributed by atoms with E-state index in [2.05, 4.69) is 47.3 Å². The summed E-state index contributed by atoms with van der Waals surface area (Å²) in [5.41, 5.74) is -0.107. The molecule has 4 saturated carbocycles. The molecule has 0 bridgehead atoms. The molecule has 13 heteroatoms. The Labute approximate surface area is 312 Å². The van der Waals surface area contributed by atoms with E-state index in [0.29, 0.717) is 25.7 Å². The number of aliphatic hydroxyl groups is 8. The van der Waals surface area contributed by atoms with Crippen LogP contribution in [0.25, 0.3) is 0 Å². The first-order valence-corrected chi connectivity index (χ1v) is 19.7. The van der Waals surface area contributed by atoms with E-state index in [9.17, 15) is 45.6 Å². The zero-order chi connectivity index (χ0) is 38.6. The molecule has 13 nitrogen and oxygen atoms in total. The van der Waals surface area contributed by atoms with Crippen LogP contribution < -0.4 is 0 Å². The quantitative estimate of drug-likeness (QED) is 0.114. The van der Waals surface area contributed by atoms with E-state index in [0.717, 1.165) is 37.7 Å². The molecule has 53 heavy (non-hydrogen) atoms. The smallest absolute Gasteiger partial charge is 0.315 e. The summed E-state index contributed by atoms with van der Waals surface area (Å²) in [4.78, 5) is 14.4. The third-order valence-electron chi connectivity index (χ3n) is 16.5. The van der Waals surface area contributed by atoms with Crippen LogP contribution in [0.15, 0.2) is 23.8 Å². The Morgan fingerprint density at radius 1 is 0.849 bits per heavy atom. The predicted molar refractivity (Wildman–Crippen MR) is 188 cm³/mol. The van der Waals surface area contributed by atoms with E-state index in [1.807, 2.05) is 0 Å². The second kappa shape index (κ2) is 13.6. The van der Waals surface area contributed by atoms with Crippen LogP contribution in [-0.4, -0.2) is 122 Å². The van der Waals surface area contributed by atoms with E-state index >= 15 is 0 Å². The number of ether oxygens (including phenoxy) is 4. The van der Waals surface area contributed by atoms with E-state index in [1.165, 1.54) is 5.57 Å². The first-order valence-electron chi connectivity index (χ1n) is 19.7. The molecule has 5 aliphatic carbocycles. The van der Waals surface area contributed by atoms with Crippen LogP contribution in [0.2, 0.25) is 0 Å². The van der Waals surface area contributed by atoms with Gasteiger partial charge >= 0.3 is 5.97 Å². The lowest BCUT2D eigenvalue weighted by Gasteiger charge is -2.71. The van der Waals surface area contributed by atoms with E-state index in [1.54, 1.807) is 0 Å². The van der Waals surface area contributed by atoms with E-state index in [4.69, 9.17) is 18.9 Å². The molecule has 0 unspecified atom stereocenters. The number of hydrogen-bond donors (Lipinski definition) is 8. The Bertz CT molecular complexity index is 1470. The average Bonchev–Trinajstić information content (AvgIpc) is 3.12. The van der Waals surface area contributed by atoms with Gasteiger partial charge in [-0.25, -0.2) is 0 Å². The zero-order valence-electron chi connectivity index (χ0n) is 31.8. The Balaban J connectivity index is 1.18. The Hall–Kier alpha value is -1.49. The number of carbonyl (C=O) groups excluding carboxylic acids is 1. The molecule has 2 saturated heterocycles. The lowest BCUT2D eigenvalue weighted by molar-refractivity contribution is -0.334. The van der Waals surface area contributed by atoms with Crippen molar-refractivity contribution in [2.75, 3.05) is 13.2 Å². The molecular weight excluding hydrogens is 688 g/mol. The maximum absolute atomic E-state index is 14.4. The molecule has 0 aromatic carbocycles. The van der Waals surface area contributed by atoms with Gasteiger partial charge in [-0.2, -0.15) is 0 Å². The van der Waals surface area contributed by atoms with Gasteiger partial charge in [-0.1, -0.05) is 58.4 Å². The number of rotatable bonds is 5. The van der Waals surface area contributed by atoms with Crippen molar-refractivity contribution in [2.45, 2.75) is 154 Å². The molecule has 0 radical (unpaired) electrons. The summed E-state index contributed by atoms with van der Waals surface area (Å²) >= 11 is 0. The number of hydrogen-bond acceptors (Lipinski definition) is 13. The fraction of sp³-hybridized carbons (Fsp3) is 0.875. The summed E-state index contributed by atoms with van der Waals surface area (Å²) in [5, 5.41) is 83.2. The van der Waals surface area contributed by atoms with Gasteiger partial charge < -0.3 is 59.8 Å². The van der Waals surface area contributed by atoms with Crippen LogP contribution in [0.1, 0.15) is 92.4 Å². The van der Waals surface area contributed by atoms with E-state index < -0.39 is 78.4 Å². The molecule has 7 aliphatic rings. The van der Waals surface area contributed by atoms with Gasteiger partial charge in [0.1, 0.15) is 36.6 Å². The topological polar surface area (TPSA) is 216 Å². The lowest BCUT2D eigenvalue weighted by atomic mass is 9.33. The minimum atomic E-state index is -1.83. The molecule has 19 atom stereocenters. The second-order valence-electron chi connectivity index (χ2n) is 18.7. The maximum Gasteiger partial charge on any atom is 0.315 e. The predicted octanol–water partition coefficient (Wildman–Crippen LogP) is 1.66. The normalized spacial score (nSPS) is 55.5. The first-order chi connectivity index (χ1) is 24.8. The molecule has 8 N–H and O–H groups in total. The van der Waals surface area contributed by atoms with Gasteiger partial charge in [-0.05, 0) is 91.8 Å². The number of aliphatic hydroxyl groups excluding tert-OH is 8. The number of carbonyl (C=O) groups is 1. The van der Waals surface area contributed by atoms with Crippen LogP contribution in [0, 0.1) is 50.7 Å². The maximum atomic E-state index is 14.4. The molecule has 7 rings (SSSR count). The summed E-state index contributed by atoms with van der Waals surface area (Å²) in [7, 11) is 0. The molecule has 0 amide bonds. The Kier molecular flexibility index (Phi) is 10.2. The van der Waals surface area contributed by atoms with Crippen molar-refractivity contribution in [3.05, 3.63) is 23.8 Å². The zero-order valence-corrected chi connectivity index (χ0v) is 31.8. The van der Waals surface area contributed by atoms with Crippen LogP contribution in [0.4, 0.5) is 0 Å². The molecule has 0 aromatic heterocycles.